The van der Waals surface area contributed by atoms with Crippen molar-refractivity contribution >= 4 is 11.6 Å². The standard InChI is InChI=1S/C18H24N4O/c1-12(2)18-20-16(19-3)10-17(21-18)22-8-7-13-9-15(23-4)6-5-14(13)11-22/h5-6,9-10,12H,7-8,11H2,1-4H3,(H,19,20,21). The summed E-state index contributed by atoms with van der Waals surface area (Å²) in [5.74, 6) is 3.99. The van der Waals surface area contributed by atoms with Gasteiger partial charge in [-0.3, -0.25) is 0 Å². The average Bonchev–Trinajstić information content (AvgIpc) is 2.60. The number of aromatic nitrogens is 2. The lowest BCUT2D eigenvalue weighted by Gasteiger charge is -2.30. The summed E-state index contributed by atoms with van der Waals surface area (Å²) in [6, 6.07) is 8.36. The number of hydrogen-bond donors (Lipinski definition) is 1. The molecule has 5 heteroatoms. The van der Waals surface area contributed by atoms with Gasteiger partial charge in [0, 0.05) is 32.1 Å². The van der Waals surface area contributed by atoms with Crippen molar-refractivity contribution in [3.8, 4) is 5.75 Å². The molecule has 2 aromatic rings. The van der Waals surface area contributed by atoms with Gasteiger partial charge in [0.05, 0.1) is 7.11 Å². The number of anilines is 2. The van der Waals surface area contributed by atoms with Gasteiger partial charge < -0.3 is 15.0 Å². The summed E-state index contributed by atoms with van der Waals surface area (Å²) in [5.41, 5.74) is 2.71. The van der Waals surface area contributed by atoms with Crippen LogP contribution in [0.4, 0.5) is 11.6 Å². The molecule has 1 aromatic heterocycles. The summed E-state index contributed by atoms with van der Waals surface area (Å²) in [7, 11) is 3.61. The molecule has 0 saturated heterocycles. The summed E-state index contributed by atoms with van der Waals surface area (Å²) >= 11 is 0. The lowest BCUT2D eigenvalue weighted by atomic mass is 9.99. The molecule has 0 unspecified atom stereocenters. The van der Waals surface area contributed by atoms with Crippen LogP contribution < -0.4 is 15.0 Å². The molecule has 0 radical (unpaired) electrons. The summed E-state index contributed by atoms with van der Waals surface area (Å²) in [6.07, 6.45) is 1.00. The minimum atomic E-state index is 0.309. The number of nitrogens with zero attached hydrogens (tertiary/aromatic N) is 3. The van der Waals surface area contributed by atoms with E-state index in [2.05, 4.69) is 41.2 Å². The zero-order chi connectivity index (χ0) is 16.4. The van der Waals surface area contributed by atoms with Crippen molar-refractivity contribution in [2.24, 2.45) is 0 Å². The zero-order valence-corrected chi connectivity index (χ0v) is 14.3. The molecule has 0 aliphatic carbocycles. The van der Waals surface area contributed by atoms with E-state index in [0.717, 1.165) is 42.7 Å². The van der Waals surface area contributed by atoms with E-state index in [1.165, 1.54) is 11.1 Å². The van der Waals surface area contributed by atoms with Crippen LogP contribution in [0.3, 0.4) is 0 Å². The maximum absolute atomic E-state index is 5.32. The third kappa shape index (κ3) is 3.23. The quantitative estimate of drug-likeness (QED) is 0.939. The number of nitrogens with one attached hydrogen (secondary N) is 1. The Hall–Kier alpha value is -2.30. The van der Waals surface area contributed by atoms with Crippen LogP contribution in [0.2, 0.25) is 0 Å². The van der Waals surface area contributed by atoms with Crippen molar-refractivity contribution in [1.29, 1.82) is 0 Å². The van der Waals surface area contributed by atoms with Gasteiger partial charge in [0.25, 0.3) is 0 Å². The van der Waals surface area contributed by atoms with E-state index in [-0.39, 0.29) is 0 Å². The van der Waals surface area contributed by atoms with Crippen molar-refractivity contribution < 1.29 is 4.74 Å². The Morgan fingerprint density at radius 1 is 1.17 bits per heavy atom. The van der Waals surface area contributed by atoms with E-state index in [1.54, 1.807) is 7.11 Å². The van der Waals surface area contributed by atoms with Crippen LogP contribution in [-0.4, -0.2) is 30.7 Å². The minimum absolute atomic E-state index is 0.309. The molecule has 1 aliphatic heterocycles. The largest absolute Gasteiger partial charge is 0.497 e. The number of rotatable bonds is 4. The van der Waals surface area contributed by atoms with E-state index < -0.39 is 0 Å². The number of hydrogen-bond acceptors (Lipinski definition) is 5. The monoisotopic (exact) mass is 312 g/mol. The van der Waals surface area contributed by atoms with Gasteiger partial charge in [-0.25, -0.2) is 9.97 Å². The number of fused-ring (bicyclic) bond motifs is 1. The highest BCUT2D eigenvalue weighted by Crippen LogP contribution is 2.28. The highest BCUT2D eigenvalue weighted by Gasteiger charge is 2.19. The lowest BCUT2D eigenvalue weighted by molar-refractivity contribution is 0.413. The Morgan fingerprint density at radius 3 is 2.70 bits per heavy atom. The van der Waals surface area contributed by atoms with Crippen molar-refractivity contribution in [2.45, 2.75) is 32.7 Å². The number of ether oxygens (including phenoxy) is 1. The van der Waals surface area contributed by atoms with Crippen molar-refractivity contribution in [3.05, 3.63) is 41.2 Å². The van der Waals surface area contributed by atoms with E-state index in [1.807, 2.05) is 19.2 Å². The van der Waals surface area contributed by atoms with Crippen LogP contribution in [0, 0.1) is 0 Å². The summed E-state index contributed by atoms with van der Waals surface area (Å²) < 4.78 is 5.32. The molecule has 0 fully saturated rings. The molecule has 2 heterocycles. The smallest absolute Gasteiger partial charge is 0.135 e. The number of methoxy groups -OCH3 is 1. The molecular formula is C18H24N4O. The zero-order valence-electron chi connectivity index (χ0n) is 14.3. The second kappa shape index (κ2) is 6.44. The van der Waals surface area contributed by atoms with Crippen LogP contribution in [-0.2, 0) is 13.0 Å². The van der Waals surface area contributed by atoms with Gasteiger partial charge in [0.2, 0.25) is 0 Å². The fraction of sp³-hybridized carbons (Fsp3) is 0.444. The first-order valence-corrected chi connectivity index (χ1v) is 8.08. The molecule has 5 nitrogen and oxygen atoms in total. The maximum atomic E-state index is 5.32. The minimum Gasteiger partial charge on any atom is -0.497 e. The molecule has 1 N–H and O–H groups in total. The predicted molar refractivity (Wildman–Crippen MR) is 93.4 cm³/mol. The second-order valence-corrected chi connectivity index (χ2v) is 6.18. The van der Waals surface area contributed by atoms with Crippen LogP contribution in [0.25, 0.3) is 0 Å². The molecule has 1 aromatic carbocycles. The van der Waals surface area contributed by atoms with E-state index >= 15 is 0 Å². The van der Waals surface area contributed by atoms with Crippen LogP contribution in [0.15, 0.2) is 24.3 Å². The third-order valence-corrected chi connectivity index (χ3v) is 4.25. The van der Waals surface area contributed by atoms with Crippen LogP contribution in [0.1, 0.15) is 36.7 Å². The normalized spacial score (nSPS) is 13.9. The van der Waals surface area contributed by atoms with E-state index in [4.69, 9.17) is 9.72 Å². The molecule has 0 amide bonds. The Bertz CT molecular complexity index is 699. The second-order valence-electron chi connectivity index (χ2n) is 6.18. The fourth-order valence-corrected chi connectivity index (χ4v) is 2.85. The van der Waals surface area contributed by atoms with Crippen molar-refractivity contribution in [1.82, 2.24) is 9.97 Å². The van der Waals surface area contributed by atoms with Crippen LogP contribution >= 0.6 is 0 Å². The van der Waals surface area contributed by atoms with Crippen LogP contribution in [0.5, 0.6) is 5.75 Å². The van der Waals surface area contributed by atoms with E-state index in [9.17, 15) is 0 Å². The molecule has 122 valence electrons. The van der Waals surface area contributed by atoms with Gasteiger partial charge >= 0.3 is 0 Å². The predicted octanol–water partition coefficient (Wildman–Crippen LogP) is 3.21. The molecule has 23 heavy (non-hydrogen) atoms. The first kappa shape index (κ1) is 15.6. The Balaban J connectivity index is 1.89. The highest BCUT2D eigenvalue weighted by atomic mass is 16.5. The van der Waals surface area contributed by atoms with Gasteiger partial charge in [-0.1, -0.05) is 19.9 Å². The summed E-state index contributed by atoms with van der Waals surface area (Å²) in [5, 5.41) is 3.14. The fourth-order valence-electron chi connectivity index (χ4n) is 2.85. The average molecular weight is 312 g/mol. The van der Waals surface area contributed by atoms with Crippen molar-refractivity contribution in [3.63, 3.8) is 0 Å². The first-order valence-electron chi connectivity index (χ1n) is 8.08. The highest BCUT2D eigenvalue weighted by molar-refractivity contribution is 5.52. The van der Waals surface area contributed by atoms with Gasteiger partial charge in [0.1, 0.15) is 23.2 Å². The Kier molecular flexibility index (Phi) is 4.37. The topological polar surface area (TPSA) is 50.3 Å². The molecule has 3 rings (SSSR count). The Labute approximate surface area is 137 Å². The third-order valence-electron chi connectivity index (χ3n) is 4.25. The van der Waals surface area contributed by atoms with Gasteiger partial charge in [-0.05, 0) is 29.7 Å². The molecule has 0 saturated carbocycles. The van der Waals surface area contributed by atoms with Gasteiger partial charge in [-0.15, -0.1) is 0 Å². The lowest BCUT2D eigenvalue weighted by Crippen LogP contribution is -2.31. The van der Waals surface area contributed by atoms with E-state index in [0.29, 0.717) is 5.92 Å². The summed E-state index contributed by atoms with van der Waals surface area (Å²) in [6.45, 7) is 6.07. The number of benzene rings is 1. The molecule has 0 bridgehead atoms. The molecule has 0 spiro atoms. The molecule has 1 aliphatic rings. The SMILES string of the molecule is CNc1cc(N2CCc3cc(OC)ccc3C2)nc(C(C)C)n1. The molecule has 0 atom stereocenters. The molecular weight excluding hydrogens is 288 g/mol. The summed E-state index contributed by atoms with van der Waals surface area (Å²) in [4.78, 5) is 11.6. The maximum Gasteiger partial charge on any atom is 0.135 e. The van der Waals surface area contributed by atoms with Gasteiger partial charge in [-0.2, -0.15) is 0 Å². The van der Waals surface area contributed by atoms with Gasteiger partial charge in [0.15, 0.2) is 0 Å². The first-order chi connectivity index (χ1) is 11.1. The van der Waals surface area contributed by atoms with Crippen molar-refractivity contribution in [2.75, 3.05) is 30.9 Å². The Morgan fingerprint density at radius 2 is 2.00 bits per heavy atom.